The van der Waals surface area contributed by atoms with Crippen molar-refractivity contribution in [1.29, 1.82) is 0 Å². The molecule has 0 heterocycles. The van der Waals surface area contributed by atoms with E-state index in [1.165, 1.54) is 0 Å². The molecule has 0 aliphatic heterocycles. The van der Waals surface area contributed by atoms with Gasteiger partial charge in [-0.1, -0.05) is 18.2 Å². The van der Waals surface area contributed by atoms with Gasteiger partial charge >= 0.3 is 0 Å². The van der Waals surface area contributed by atoms with Crippen LogP contribution in [0.15, 0.2) is 42.5 Å². The van der Waals surface area contributed by atoms with Gasteiger partial charge in [0.05, 0.1) is 11.9 Å². The molecule has 5 nitrogen and oxygen atoms in total. The minimum Gasteiger partial charge on any atom is -0.325 e. The van der Waals surface area contributed by atoms with Crippen LogP contribution in [0, 0.1) is 20.8 Å². The van der Waals surface area contributed by atoms with Gasteiger partial charge in [-0.15, -0.1) is 0 Å². The van der Waals surface area contributed by atoms with Crippen molar-refractivity contribution in [2.24, 2.45) is 0 Å². The van der Waals surface area contributed by atoms with Gasteiger partial charge in [0.15, 0.2) is 0 Å². The van der Waals surface area contributed by atoms with Crippen molar-refractivity contribution in [3.8, 4) is 0 Å². The SMILES string of the molecule is Cc1cccc(NC(=O)CN(c2cc(C)cc(C)c2)S(C)(=O)=O)c1. The van der Waals surface area contributed by atoms with Crippen molar-refractivity contribution < 1.29 is 13.2 Å². The molecular weight excluding hydrogens is 324 g/mol. The molecule has 0 fully saturated rings. The van der Waals surface area contributed by atoms with Crippen molar-refractivity contribution in [3.05, 3.63) is 59.2 Å². The number of sulfonamides is 1. The Bertz CT molecular complexity index is 840. The summed E-state index contributed by atoms with van der Waals surface area (Å²) in [5.74, 6) is -0.384. The highest BCUT2D eigenvalue weighted by atomic mass is 32.2. The lowest BCUT2D eigenvalue weighted by Gasteiger charge is -2.23. The highest BCUT2D eigenvalue weighted by molar-refractivity contribution is 7.92. The number of hydrogen-bond acceptors (Lipinski definition) is 3. The molecule has 0 aliphatic rings. The first kappa shape index (κ1) is 18.0. The summed E-state index contributed by atoms with van der Waals surface area (Å²) in [6, 6.07) is 12.8. The molecule has 2 aromatic rings. The fourth-order valence-electron chi connectivity index (χ4n) is 2.55. The third-order valence-electron chi connectivity index (χ3n) is 3.48. The zero-order chi connectivity index (χ0) is 17.9. The Morgan fingerprint density at radius 2 is 1.62 bits per heavy atom. The normalized spacial score (nSPS) is 11.2. The topological polar surface area (TPSA) is 66.5 Å². The molecule has 0 radical (unpaired) electrons. The van der Waals surface area contributed by atoms with E-state index in [-0.39, 0.29) is 12.5 Å². The molecule has 0 saturated carbocycles. The van der Waals surface area contributed by atoms with E-state index in [0.717, 1.165) is 27.3 Å². The van der Waals surface area contributed by atoms with Gasteiger partial charge < -0.3 is 5.32 Å². The Morgan fingerprint density at radius 1 is 1.00 bits per heavy atom. The molecule has 2 rings (SSSR count). The van der Waals surface area contributed by atoms with Crippen LogP contribution in [0.5, 0.6) is 0 Å². The number of nitrogens with one attached hydrogen (secondary N) is 1. The van der Waals surface area contributed by atoms with E-state index in [2.05, 4.69) is 5.32 Å². The monoisotopic (exact) mass is 346 g/mol. The lowest BCUT2D eigenvalue weighted by molar-refractivity contribution is -0.114. The summed E-state index contributed by atoms with van der Waals surface area (Å²) in [4.78, 5) is 12.3. The van der Waals surface area contributed by atoms with Gasteiger partial charge in [0.2, 0.25) is 15.9 Å². The summed E-state index contributed by atoms with van der Waals surface area (Å²) in [7, 11) is -3.57. The molecule has 2 aromatic carbocycles. The van der Waals surface area contributed by atoms with Gasteiger partial charge in [0.25, 0.3) is 0 Å². The molecule has 24 heavy (non-hydrogen) atoms. The molecule has 0 aliphatic carbocycles. The number of rotatable bonds is 5. The number of aryl methyl sites for hydroxylation is 3. The predicted molar refractivity (Wildman–Crippen MR) is 97.9 cm³/mol. The molecule has 0 atom stereocenters. The molecule has 1 amide bonds. The van der Waals surface area contributed by atoms with Gasteiger partial charge in [-0.05, 0) is 61.7 Å². The number of amides is 1. The van der Waals surface area contributed by atoms with Crippen LogP contribution < -0.4 is 9.62 Å². The van der Waals surface area contributed by atoms with Crippen molar-refractivity contribution in [3.63, 3.8) is 0 Å². The first-order valence-corrected chi connectivity index (χ1v) is 9.42. The molecule has 6 heteroatoms. The van der Waals surface area contributed by atoms with Crippen LogP contribution >= 0.6 is 0 Å². The number of anilines is 2. The molecule has 0 unspecified atom stereocenters. The first-order chi connectivity index (χ1) is 11.1. The smallest absolute Gasteiger partial charge is 0.245 e. The van der Waals surface area contributed by atoms with Gasteiger partial charge in [-0.2, -0.15) is 0 Å². The Balaban J connectivity index is 2.25. The van der Waals surface area contributed by atoms with Crippen LogP contribution in [0.3, 0.4) is 0 Å². The van der Waals surface area contributed by atoms with E-state index < -0.39 is 10.0 Å². The number of hydrogen-bond donors (Lipinski definition) is 1. The molecule has 0 aromatic heterocycles. The van der Waals surface area contributed by atoms with Gasteiger partial charge in [0.1, 0.15) is 6.54 Å². The summed E-state index contributed by atoms with van der Waals surface area (Å²) < 4.78 is 25.4. The predicted octanol–water partition coefficient (Wildman–Crippen LogP) is 3.02. The summed E-state index contributed by atoms with van der Waals surface area (Å²) in [6.45, 7) is 5.44. The molecule has 0 saturated heterocycles. The van der Waals surface area contributed by atoms with E-state index in [1.54, 1.807) is 18.2 Å². The van der Waals surface area contributed by atoms with E-state index in [9.17, 15) is 13.2 Å². The van der Waals surface area contributed by atoms with E-state index in [0.29, 0.717) is 11.4 Å². The quantitative estimate of drug-likeness (QED) is 0.905. The minimum atomic E-state index is -3.57. The first-order valence-electron chi connectivity index (χ1n) is 7.58. The average Bonchev–Trinajstić information content (AvgIpc) is 2.42. The second-order valence-corrected chi connectivity index (χ2v) is 7.94. The highest BCUT2D eigenvalue weighted by Crippen LogP contribution is 2.21. The van der Waals surface area contributed by atoms with Crippen molar-refractivity contribution in [2.75, 3.05) is 22.4 Å². The van der Waals surface area contributed by atoms with Gasteiger partial charge in [-0.3, -0.25) is 9.10 Å². The number of benzene rings is 2. The van der Waals surface area contributed by atoms with Crippen molar-refractivity contribution in [1.82, 2.24) is 0 Å². The van der Waals surface area contributed by atoms with Gasteiger partial charge in [0, 0.05) is 5.69 Å². The van der Waals surface area contributed by atoms with Crippen molar-refractivity contribution >= 4 is 27.3 Å². The third kappa shape index (κ3) is 4.83. The largest absolute Gasteiger partial charge is 0.325 e. The van der Waals surface area contributed by atoms with Crippen LogP contribution in [0.25, 0.3) is 0 Å². The van der Waals surface area contributed by atoms with Crippen LogP contribution in [-0.2, 0) is 14.8 Å². The molecule has 0 spiro atoms. The lowest BCUT2D eigenvalue weighted by Crippen LogP contribution is -2.37. The zero-order valence-electron chi connectivity index (χ0n) is 14.3. The summed E-state index contributed by atoms with van der Waals surface area (Å²) in [5, 5.41) is 2.74. The second kappa shape index (κ2) is 7.05. The number of carbonyl (C=O) groups is 1. The summed E-state index contributed by atoms with van der Waals surface area (Å²) in [5.41, 5.74) is 4.04. The number of carbonyl (C=O) groups excluding carboxylic acids is 1. The van der Waals surface area contributed by atoms with Crippen LogP contribution in [0.1, 0.15) is 16.7 Å². The third-order valence-corrected chi connectivity index (χ3v) is 4.62. The second-order valence-electron chi connectivity index (χ2n) is 6.03. The Hall–Kier alpha value is -2.34. The molecular formula is C18H22N2O3S. The zero-order valence-corrected chi connectivity index (χ0v) is 15.1. The van der Waals surface area contributed by atoms with Crippen molar-refractivity contribution in [2.45, 2.75) is 20.8 Å². The van der Waals surface area contributed by atoms with Crippen LogP contribution in [0.4, 0.5) is 11.4 Å². The van der Waals surface area contributed by atoms with Crippen LogP contribution in [-0.4, -0.2) is 27.1 Å². The average molecular weight is 346 g/mol. The summed E-state index contributed by atoms with van der Waals surface area (Å²) >= 11 is 0. The molecule has 0 bridgehead atoms. The van der Waals surface area contributed by atoms with E-state index >= 15 is 0 Å². The maximum atomic E-state index is 12.3. The maximum Gasteiger partial charge on any atom is 0.245 e. The standard InChI is InChI=1S/C18H22N2O3S/c1-13-6-5-7-16(9-13)19-18(21)12-20(24(4,22)23)17-10-14(2)8-15(3)11-17/h5-11H,12H2,1-4H3,(H,19,21). The fourth-order valence-corrected chi connectivity index (χ4v) is 3.39. The Kier molecular flexibility index (Phi) is 5.29. The molecule has 128 valence electrons. The maximum absolute atomic E-state index is 12.3. The fraction of sp³-hybridized carbons (Fsp3) is 0.278. The van der Waals surface area contributed by atoms with E-state index in [1.807, 2.05) is 45.0 Å². The van der Waals surface area contributed by atoms with Gasteiger partial charge in [-0.25, -0.2) is 8.42 Å². The minimum absolute atomic E-state index is 0.268. The Labute approximate surface area is 143 Å². The number of nitrogens with zero attached hydrogens (tertiary/aromatic N) is 1. The Morgan fingerprint density at radius 3 is 2.17 bits per heavy atom. The van der Waals surface area contributed by atoms with Crippen LogP contribution in [0.2, 0.25) is 0 Å². The summed E-state index contributed by atoms with van der Waals surface area (Å²) in [6.07, 6.45) is 1.10. The lowest BCUT2D eigenvalue weighted by atomic mass is 10.1. The highest BCUT2D eigenvalue weighted by Gasteiger charge is 2.21. The molecule has 1 N–H and O–H groups in total. The van der Waals surface area contributed by atoms with E-state index in [4.69, 9.17) is 0 Å².